The van der Waals surface area contributed by atoms with Crippen molar-refractivity contribution < 1.29 is 53.6 Å². The third-order valence-corrected chi connectivity index (χ3v) is 11.2. The van der Waals surface area contributed by atoms with E-state index in [1.807, 2.05) is 48.5 Å². The molecule has 0 aliphatic rings. The summed E-state index contributed by atoms with van der Waals surface area (Å²) in [6.45, 7) is 14.4. The number of ether oxygens (including phenoxy) is 4. The second-order valence-electron chi connectivity index (χ2n) is 11.7. The van der Waals surface area contributed by atoms with Gasteiger partial charge in [-0.15, -0.1) is 0 Å². The lowest BCUT2D eigenvalue weighted by Crippen LogP contribution is -2.40. The highest BCUT2D eigenvalue weighted by Gasteiger charge is 2.31. The van der Waals surface area contributed by atoms with Crippen LogP contribution in [0.4, 0.5) is 9.59 Å². The summed E-state index contributed by atoms with van der Waals surface area (Å²) in [5, 5.41) is 5.47. The van der Waals surface area contributed by atoms with Gasteiger partial charge < -0.3 is 29.6 Å². The number of alkyl carbamates (subject to hydrolysis) is 2. The van der Waals surface area contributed by atoms with Gasteiger partial charge in [-0.3, -0.25) is 25.1 Å². The van der Waals surface area contributed by atoms with Crippen molar-refractivity contribution in [3.05, 3.63) is 0 Å². The lowest BCUT2D eigenvalue weighted by atomic mass is 9.98. The lowest BCUT2D eigenvalue weighted by molar-refractivity contribution is -0.137. The average Bonchev–Trinajstić information content (AvgIpc) is 2.95. The van der Waals surface area contributed by atoms with Crippen LogP contribution < -0.4 is 10.6 Å². The highest BCUT2D eigenvalue weighted by atomic mass is 32.3. The normalized spacial score (nSPS) is 15.6. The fraction of sp³-hybridized carbons (Fsp3) is 0.931. The van der Waals surface area contributed by atoms with Crippen LogP contribution in [0.5, 0.6) is 0 Å². The highest BCUT2D eigenvalue weighted by molar-refractivity contribution is 8.22. The van der Waals surface area contributed by atoms with Crippen LogP contribution in [0.1, 0.15) is 74.1 Å². The van der Waals surface area contributed by atoms with E-state index in [-0.39, 0.29) is 24.9 Å². The predicted octanol–water partition coefficient (Wildman–Crippen LogP) is 5.73. The maximum atomic E-state index is 12.3. The number of nitrogens with one attached hydrogen (secondary N) is 2. The van der Waals surface area contributed by atoms with Crippen LogP contribution in [0.25, 0.3) is 0 Å². The number of rotatable bonds is 25. The van der Waals surface area contributed by atoms with Crippen LogP contribution in [0.2, 0.25) is 0 Å². The van der Waals surface area contributed by atoms with Gasteiger partial charge in [0.05, 0.1) is 87.8 Å². The largest absolute Gasteiger partial charge is 0.447 e. The van der Waals surface area contributed by atoms with Crippen LogP contribution >= 0.6 is 21.7 Å². The van der Waals surface area contributed by atoms with Crippen LogP contribution in [0.15, 0.2) is 0 Å². The van der Waals surface area contributed by atoms with Crippen molar-refractivity contribution in [2.75, 3.05) is 73.9 Å². The molecule has 0 saturated carbocycles. The van der Waals surface area contributed by atoms with Gasteiger partial charge in [-0.1, -0.05) is 0 Å². The van der Waals surface area contributed by atoms with Crippen LogP contribution in [-0.2, 0) is 44.0 Å². The number of hydrogen-bond donors (Lipinski definition) is 2. The second kappa shape index (κ2) is 21.7. The SMILES string of the molecule is COS(CCCNC(=O)OCC(C)OC(C)(C)CC(C)OC(C)(C)CC(C)OC(=O)NCCCS(OC)(OC)OC)(OC)OC. The van der Waals surface area contributed by atoms with Gasteiger partial charge in [0.15, 0.2) is 0 Å². The van der Waals surface area contributed by atoms with E-state index in [9.17, 15) is 9.59 Å². The van der Waals surface area contributed by atoms with Crippen molar-refractivity contribution in [3.63, 3.8) is 0 Å². The molecule has 272 valence electrons. The Labute approximate surface area is 275 Å². The van der Waals surface area contributed by atoms with E-state index in [2.05, 4.69) is 10.6 Å². The van der Waals surface area contributed by atoms with E-state index in [0.29, 0.717) is 50.3 Å². The van der Waals surface area contributed by atoms with Crippen molar-refractivity contribution in [2.24, 2.45) is 0 Å². The molecule has 0 aliphatic carbocycles. The minimum Gasteiger partial charge on any atom is -0.447 e. The number of amides is 2. The Hall–Kier alpha value is -1.08. The predicted molar refractivity (Wildman–Crippen MR) is 178 cm³/mol. The van der Waals surface area contributed by atoms with E-state index in [0.717, 1.165) is 0 Å². The minimum absolute atomic E-state index is 0.101. The number of carbonyl (C=O) groups excluding carboxylic acids is 2. The second-order valence-corrected chi connectivity index (χ2v) is 16.7. The molecule has 0 aliphatic heterocycles. The summed E-state index contributed by atoms with van der Waals surface area (Å²) in [4.78, 5) is 24.4. The molecule has 0 saturated heterocycles. The van der Waals surface area contributed by atoms with Gasteiger partial charge in [0.25, 0.3) is 0 Å². The highest BCUT2D eigenvalue weighted by Crippen LogP contribution is 2.50. The van der Waals surface area contributed by atoms with Gasteiger partial charge in [0, 0.05) is 37.4 Å². The first-order valence-corrected chi connectivity index (χ1v) is 18.3. The molecule has 2 N–H and O–H groups in total. The molecule has 16 heteroatoms. The molecule has 0 fully saturated rings. The van der Waals surface area contributed by atoms with E-state index < -0.39 is 45.1 Å². The summed E-state index contributed by atoms with van der Waals surface area (Å²) >= 11 is 0. The molecule has 3 unspecified atom stereocenters. The fourth-order valence-electron chi connectivity index (χ4n) is 4.94. The molecule has 0 aromatic carbocycles. The summed E-state index contributed by atoms with van der Waals surface area (Å²) in [6.07, 6.45) is 0.435. The molecule has 3 atom stereocenters. The molecule has 0 aromatic heterocycles. The molecule has 45 heavy (non-hydrogen) atoms. The molecule has 0 spiro atoms. The Morgan fingerprint density at radius 1 is 0.600 bits per heavy atom. The number of carbonyl (C=O) groups is 2. The molecule has 0 rings (SSSR count). The Morgan fingerprint density at radius 2 is 0.978 bits per heavy atom. The van der Waals surface area contributed by atoms with E-state index in [1.165, 1.54) is 42.7 Å². The van der Waals surface area contributed by atoms with Gasteiger partial charge in [-0.2, -0.15) is 0 Å². The zero-order valence-electron chi connectivity index (χ0n) is 29.8. The Bertz CT molecular complexity index is 813. The maximum absolute atomic E-state index is 12.3. The van der Waals surface area contributed by atoms with Crippen LogP contribution in [0, 0.1) is 0 Å². The lowest BCUT2D eigenvalue weighted by Gasteiger charge is -2.36. The van der Waals surface area contributed by atoms with Crippen LogP contribution in [0.3, 0.4) is 0 Å². The maximum Gasteiger partial charge on any atom is 0.407 e. The molecule has 0 aromatic rings. The Kier molecular flexibility index (Phi) is 21.2. The molecule has 0 heterocycles. The average molecular weight is 695 g/mol. The minimum atomic E-state index is -2.05. The monoisotopic (exact) mass is 694 g/mol. The van der Waals surface area contributed by atoms with Crippen molar-refractivity contribution in [1.29, 1.82) is 0 Å². The van der Waals surface area contributed by atoms with Crippen molar-refractivity contribution in [3.8, 4) is 0 Å². The topological polar surface area (TPSA) is 150 Å². The quantitative estimate of drug-likeness (QED) is 0.112. The van der Waals surface area contributed by atoms with Crippen molar-refractivity contribution in [2.45, 2.75) is 104 Å². The summed E-state index contributed by atoms with van der Waals surface area (Å²) in [5.41, 5.74) is -1.10. The molecular formula is C29H62N2O12S2. The van der Waals surface area contributed by atoms with Gasteiger partial charge in [-0.25, -0.2) is 9.59 Å². The van der Waals surface area contributed by atoms with E-state index >= 15 is 0 Å². The smallest absolute Gasteiger partial charge is 0.407 e. The van der Waals surface area contributed by atoms with Crippen molar-refractivity contribution in [1.82, 2.24) is 10.6 Å². The zero-order chi connectivity index (χ0) is 34.7. The molecule has 2 amide bonds. The van der Waals surface area contributed by atoms with Gasteiger partial charge in [0.2, 0.25) is 0 Å². The summed E-state index contributed by atoms with van der Waals surface area (Å²) in [7, 11) is 5.10. The zero-order valence-corrected chi connectivity index (χ0v) is 31.4. The third kappa shape index (κ3) is 18.7. The van der Waals surface area contributed by atoms with Gasteiger partial charge in [-0.05, 0) is 61.3 Å². The first-order chi connectivity index (χ1) is 21.0. The molecule has 0 bridgehead atoms. The van der Waals surface area contributed by atoms with Gasteiger partial charge in [0.1, 0.15) is 12.7 Å². The van der Waals surface area contributed by atoms with Gasteiger partial charge >= 0.3 is 12.2 Å². The van der Waals surface area contributed by atoms with Crippen LogP contribution in [-0.4, -0.2) is 116 Å². The summed E-state index contributed by atoms with van der Waals surface area (Å²) in [6, 6.07) is 0. The first kappa shape index (κ1) is 43.9. The van der Waals surface area contributed by atoms with Crippen molar-refractivity contribution >= 4 is 33.9 Å². The summed E-state index contributed by atoms with van der Waals surface area (Å²) in [5.74, 6) is 1.04. The number of hydrogen-bond acceptors (Lipinski definition) is 12. The Morgan fingerprint density at radius 3 is 1.40 bits per heavy atom. The van der Waals surface area contributed by atoms with E-state index in [1.54, 1.807) is 0 Å². The molecule has 14 nitrogen and oxygen atoms in total. The Balaban J connectivity index is 4.48. The summed E-state index contributed by atoms with van der Waals surface area (Å²) < 4.78 is 55.4. The first-order valence-electron chi connectivity index (χ1n) is 15.1. The third-order valence-electron chi connectivity index (χ3n) is 6.56. The molecule has 0 radical (unpaired) electrons. The standard InChI is InChI=1S/C29H62N2O12S2/c1-23(41-27(33)31-17-15-19-45(37-11,38-12)39-13)20-28(4,5)42-24(2)21-29(6,7)43-25(3)22-40-26(32)30-16-14-18-44(34-8,35-9)36-10/h23-25H,14-22H2,1-13H3,(H,30,32)(H,31,33). The molecular weight excluding hydrogens is 632 g/mol. The van der Waals surface area contributed by atoms with E-state index in [4.69, 9.17) is 44.0 Å². The fourth-order valence-corrected chi connectivity index (χ4v) is 7.76.